The molecule has 2 aromatic rings. The van der Waals surface area contributed by atoms with E-state index in [-0.39, 0.29) is 41.3 Å². The minimum Gasteiger partial charge on any atom is -0.376 e. The zero-order chi connectivity index (χ0) is 21.8. The molecule has 0 bridgehead atoms. The summed E-state index contributed by atoms with van der Waals surface area (Å²) in [4.78, 5) is 4.83. The third kappa shape index (κ3) is 10.5. The van der Waals surface area contributed by atoms with Gasteiger partial charge < -0.3 is 19.9 Å². The summed E-state index contributed by atoms with van der Waals surface area (Å²) in [5.41, 5.74) is 1.15. The van der Waals surface area contributed by atoms with Gasteiger partial charge in [0.1, 0.15) is 0 Å². The fraction of sp³-hybridized carbons (Fsp3) is 0.476. The first-order valence-electron chi connectivity index (χ1n) is 10.2. The minimum absolute atomic E-state index is 0. The smallest absolute Gasteiger partial charge is 0.242 e. The third-order valence-electron chi connectivity index (χ3n) is 4.24. The Morgan fingerprint density at radius 1 is 1.16 bits per heavy atom. The molecular formula is C21H34IN5O3S. The zero-order valence-electron chi connectivity index (χ0n) is 18.4. The maximum absolute atomic E-state index is 12.2. The quantitative estimate of drug-likeness (QED) is 0.160. The third-order valence-corrected chi connectivity index (χ3v) is 5.69. The summed E-state index contributed by atoms with van der Waals surface area (Å²) < 4.78 is 34.5. The van der Waals surface area contributed by atoms with Crippen LogP contribution in [0, 0.1) is 5.92 Å². The van der Waals surface area contributed by atoms with Crippen LogP contribution in [0.4, 0.5) is 0 Å². The van der Waals surface area contributed by atoms with Gasteiger partial charge in [-0.15, -0.1) is 24.0 Å². The normalized spacial score (nSPS) is 12.8. The molecule has 1 unspecified atom stereocenters. The van der Waals surface area contributed by atoms with Crippen LogP contribution in [0.1, 0.15) is 19.4 Å². The summed E-state index contributed by atoms with van der Waals surface area (Å²) in [6, 6.07) is 11.6. The van der Waals surface area contributed by atoms with Crippen LogP contribution in [0.2, 0.25) is 0 Å². The second-order valence-electron chi connectivity index (χ2n) is 7.16. The Morgan fingerprint density at radius 3 is 2.55 bits per heavy atom. The van der Waals surface area contributed by atoms with E-state index >= 15 is 0 Å². The maximum atomic E-state index is 12.2. The molecule has 0 saturated carbocycles. The van der Waals surface area contributed by atoms with E-state index in [0.29, 0.717) is 32.3 Å². The second kappa shape index (κ2) is 14.4. The predicted molar refractivity (Wildman–Crippen MR) is 135 cm³/mol. The van der Waals surface area contributed by atoms with Gasteiger partial charge in [0.25, 0.3) is 0 Å². The molecule has 31 heavy (non-hydrogen) atoms. The first kappa shape index (κ1) is 27.4. The van der Waals surface area contributed by atoms with E-state index in [1.165, 1.54) is 0 Å². The molecule has 0 aliphatic carbocycles. The first-order valence-corrected chi connectivity index (χ1v) is 11.6. The molecule has 0 aliphatic rings. The lowest BCUT2D eigenvalue weighted by Crippen LogP contribution is -2.41. The fourth-order valence-corrected chi connectivity index (χ4v) is 3.76. The topological polar surface area (TPSA) is 96.8 Å². The Balaban J connectivity index is 0.00000480. The average Bonchev–Trinajstić information content (AvgIpc) is 3.17. The van der Waals surface area contributed by atoms with Gasteiger partial charge in [0, 0.05) is 45.6 Å². The number of sulfonamides is 1. The van der Waals surface area contributed by atoms with E-state index in [0.717, 1.165) is 12.1 Å². The van der Waals surface area contributed by atoms with Gasteiger partial charge in [-0.05, 0) is 24.5 Å². The molecule has 0 radical (unpaired) electrons. The van der Waals surface area contributed by atoms with Gasteiger partial charge in [0.15, 0.2) is 5.96 Å². The summed E-state index contributed by atoms with van der Waals surface area (Å²) in [6.45, 7) is 7.31. The van der Waals surface area contributed by atoms with Crippen LogP contribution in [0.5, 0.6) is 0 Å². The molecule has 0 fully saturated rings. The molecule has 1 aromatic heterocycles. The lowest BCUT2D eigenvalue weighted by molar-refractivity contribution is 0.0945. The number of ether oxygens (including phenoxy) is 1. The van der Waals surface area contributed by atoms with E-state index in [4.69, 9.17) is 4.74 Å². The molecular weight excluding hydrogens is 529 g/mol. The fourth-order valence-electron chi connectivity index (χ4n) is 2.68. The number of halogens is 1. The molecule has 3 N–H and O–H groups in total. The highest BCUT2D eigenvalue weighted by atomic mass is 127. The number of hydrogen-bond acceptors (Lipinski definition) is 4. The van der Waals surface area contributed by atoms with Gasteiger partial charge in [-0.2, -0.15) is 0 Å². The van der Waals surface area contributed by atoms with Gasteiger partial charge in [0.2, 0.25) is 10.0 Å². The molecule has 1 atom stereocenters. The highest BCUT2D eigenvalue weighted by Crippen LogP contribution is 2.07. The van der Waals surface area contributed by atoms with E-state index in [1.807, 2.05) is 37.3 Å². The lowest BCUT2D eigenvalue weighted by atomic mass is 10.2. The summed E-state index contributed by atoms with van der Waals surface area (Å²) in [5, 5.41) is 6.32. The Kier molecular flexibility index (Phi) is 12.8. The summed E-state index contributed by atoms with van der Waals surface area (Å²) in [5.74, 6) is 0.923. The number of rotatable bonds is 12. The van der Waals surface area contributed by atoms with Crippen molar-refractivity contribution >= 4 is 40.0 Å². The monoisotopic (exact) mass is 563 g/mol. The average molecular weight is 564 g/mol. The van der Waals surface area contributed by atoms with Gasteiger partial charge in [-0.25, -0.2) is 13.1 Å². The number of aliphatic imine (C=N–C) groups is 1. The van der Waals surface area contributed by atoms with Crippen LogP contribution in [0.25, 0.3) is 0 Å². The van der Waals surface area contributed by atoms with Crippen molar-refractivity contribution in [1.82, 2.24) is 19.9 Å². The Bertz CT molecular complexity index is 887. The van der Waals surface area contributed by atoms with Crippen LogP contribution in [-0.4, -0.2) is 51.7 Å². The Hall–Kier alpha value is -1.63. The molecule has 10 heteroatoms. The van der Waals surface area contributed by atoms with E-state index in [9.17, 15) is 8.42 Å². The van der Waals surface area contributed by atoms with Gasteiger partial charge in [-0.1, -0.05) is 37.3 Å². The number of benzene rings is 1. The van der Waals surface area contributed by atoms with Crippen LogP contribution in [-0.2, 0) is 28.4 Å². The van der Waals surface area contributed by atoms with Crippen LogP contribution < -0.4 is 15.4 Å². The van der Waals surface area contributed by atoms with E-state index < -0.39 is 10.0 Å². The van der Waals surface area contributed by atoms with Gasteiger partial charge >= 0.3 is 0 Å². The van der Waals surface area contributed by atoms with Crippen molar-refractivity contribution in [3.63, 3.8) is 0 Å². The maximum Gasteiger partial charge on any atom is 0.242 e. The van der Waals surface area contributed by atoms with Crippen LogP contribution in [0.3, 0.4) is 0 Å². The number of aromatic nitrogens is 1. The van der Waals surface area contributed by atoms with Crippen molar-refractivity contribution in [2.45, 2.75) is 25.3 Å². The van der Waals surface area contributed by atoms with Crippen LogP contribution in [0.15, 0.2) is 58.7 Å². The van der Waals surface area contributed by atoms with Gasteiger partial charge in [0.05, 0.1) is 18.1 Å². The number of nitrogens with zero attached hydrogens (tertiary/aromatic N) is 2. The van der Waals surface area contributed by atoms with E-state index in [2.05, 4.69) is 27.3 Å². The van der Waals surface area contributed by atoms with Crippen molar-refractivity contribution in [1.29, 1.82) is 0 Å². The molecule has 0 saturated heterocycles. The minimum atomic E-state index is -3.50. The van der Waals surface area contributed by atoms with Crippen molar-refractivity contribution in [3.05, 3.63) is 54.4 Å². The molecule has 1 heterocycles. The molecule has 174 valence electrons. The molecule has 0 spiro atoms. The Morgan fingerprint density at radius 2 is 1.90 bits per heavy atom. The largest absolute Gasteiger partial charge is 0.376 e. The first-order chi connectivity index (χ1) is 14.4. The molecule has 1 aromatic carbocycles. The zero-order valence-corrected chi connectivity index (χ0v) is 21.5. The number of hydrogen-bond donors (Lipinski definition) is 3. The van der Waals surface area contributed by atoms with Gasteiger partial charge in [-0.3, -0.25) is 4.99 Å². The van der Waals surface area contributed by atoms with Crippen molar-refractivity contribution < 1.29 is 13.2 Å². The Labute approximate surface area is 202 Å². The number of nitrogens with one attached hydrogen (secondary N) is 3. The SMILES string of the molecule is CCNC(=NCC(C)COCc1ccccc1)NCCNS(=O)(=O)c1ccn(C)c1.I. The highest BCUT2D eigenvalue weighted by Gasteiger charge is 2.14. The van der Waals surface area contributed by atoms with Crippen LogP contribution >= 0.6 is 24.0 Å². The van der Waals surface area contributed by atoms with E-state index in [1.54, 1.807) is 30.1 Å². The summed E-state index contributed by atoms with van der Waals surface area (Å²) in [7, 11) is -1.71. The number of guanidine groups is 1. The lowest BCUT2D eigenvalue weighted by Gasteiger charge is -2.14. The highest BCUT2D eigenvalue weighted by molar-refractivity contribution is 14.0. The molecule has 2 rings (SSSR count). The predicted octanol–water partition coefficient (Wildman–Crippen LogP) is 2.33. The van der Waals surface area contributed by atoms with Crippen molar-refractivity contribution in [3.8, 4) is 0 Å². The number of aryl methyl sites for hydroxylation is 1. The van der Waals surface area contributed by atoms with Crippen molar-refractivity contribution in [2.24, 2.45) is 18.0 Å². The van der Waals surface area contributed by atoms with Crippen molar-refractivity contribution in [2.75, 3.05) is 32.8 Å². The second-order valence-corrected chi connectivity index (χ2v) is 8.93. The molecule has 8 nitrogen and oxygen atoms in total. The summed E-state index contributed by atoms with van der Waals surface area (Å²) >= 11 is 0. The molecule has 0 amide bonds. The molecule has 0 aliphatic heterocycles. The summed E-state index contributed by atoms with van der Waals surface area (Å²) in [6.07, 6.45) is 3.27. The standard InChI is InChI=1S/C21H33N5O3S.HI/c1-4-22-21(23-11-12-25-30(27,28)20-10-13-26(3)15-20)24-14-18(2)16-29-17-19-8-6-5-7-9-19;/h5-10,13,15,18,25H,4,11-12,14,16-17H2,1-3H3,(H2,22,23,24);1H.